The molecule has 0 bridgehead atoms. The molecule has 1 unspecified atom stereocenters. The molecule has 0 heterocycles. The summed E-state index contributed by atoms with van der Waals surface area (Å²) in [6, 6.07) is 4.74. The number of aryl methyl sites for hydroxylation is 1. The Bertz CT molecular complexity index is 420. The van der Waals surface area contributed by atoms with Gasteiger partial charge in [0.25, 0.3) is 0 Å². The largest absolute Gasteiger partial charge is 0.368 e. The molecule has 1 rings (SSSR count). The number of amides is 1. The van der Waals surface area contributed by atoms with Gasteiger partial charge in [-0.15, -0.1) is 0 Å². The lowest BCUT2D eigenvalue weighted by Crippen LogP contribution is -2.50. The minimum absolute atomic E-state index is 0.326. The van der Waals surface area contributed by atoms with Crippen molar-refractivity contribution in [2.75, 3.05) is 6.54 Å². The predicted octanol–water partition coefficient (Wildman–Crippen LogP) is 1.83. The second-order valence-corrected chi connectivity index (χ2v) is 4.38. The van der Waals surface area contributed by atoms with E-state index >= 15 is 0 Å². The number of rotatable bonds is 5. The second kappa shape index (κ2) is 5.27. The van der Waals surface area contributed by atoms with Crippen LogP contribution in [0.15, 0.2) is 18.2 Å². The first-order valence-corrected chi connectivity index (χ1v) is 5.73. The fourth-order valence-corrected chi connectivity index (χ4v) is 1.61. The molecule has 0 aliphatic heterocycles. The number of hydrogen-bond acceptors (Lipinski definition) is 2. The number of carbonyl (C=O) groups is 1. The van der Waals surface area contributed by atoms with Crippen molar-refractivity contribution in [3.05, 3.63) is 35.1 Å². The van der Waals surface area contributed by atoms with Gasteiger partial charge < -0.3 is 5.73 Å². The molecule has 0 radical (unpaired) electrons. The summed E-state index contributed by atoms with van der Waals surface area (Å²) >= 11 is 0. The van der Waals surface area contributed by atoms with Gasteiger partial charge in [-0.25, -0.2) is 4.39 Å². The number of hydrogen-bond donors (Lipinski definition) is 2. The zero-order valence-electron chi connectivity index (χ0n) is 10.5. The third-order valence-electron chi connectivity index (χ3n) is 2.97. The third-order valence-corrected chi connectivity index (χ3v) is 2.97. The Morgan fingerprint density at radius 3 is 2.65 bits per heavy atom. The van der Waals surface area contributed by atoms with Crippen molar-refractivity contribution >= 4 is 5.91 Å². The average molecular weight is 238 g/mol. The highest BCUT2D eigenvalue weighted by atomic mass is 19.1. The minimum atomic E-state index is -1.02. The van der Waals surface area contributed by atoms with Gasteiger partial charge in [0.1, 0.15) is 11.4 Å². The van der Waals surface area contributed by atoms with Gasteiger partial charge in [0.15, 0.2) is 0 Å². The Hall–Kier alpha value is -1.42. The van der Waals surface area contributed by atoms with Crippen LogP contribution in [0.1, 0.15) is 31.4 Å². The van der Waals surface area contributed by atoms with Gasteiger partial charge in [0.2, 0.25) is 5.91 Å². The summed E-state index contributed by atoms with van der Waals surface area (Å²) in [5.41, 5.74) is 5.49. The normalized spacial score (nSPS) is 14.4. The molecule has 0 fully saturated rings. The van der Waals surface area contributed by atoms with E-state index < -0.39 is 11.4 Å². The van der Waals surface area contributed by atoms with Crippen molar-refractivity contribution in [3.63, 3.8) is 0 Å². The number of halogens is 1. The van der Waals surface area contributed by atoms with Crippen molar-refractivity contribution in [3.8, 4) is 0 Å². The van der Waals surface area contributed by atoms with E-state index in [0.717, 1.165) is 6.42 Å². The molecular formula is C13H19FN2O. The Labute approximate surface area is 101 Å². The number of nitrogens with two attached hydrogens (primary N) is 1. The zero-order chi connectivity index (χ0) is 13.1. The van der Waals surface area contributed by atoms with Crippen LogP contribution in [0.2, 0.25) is 0 Å². The van der Waals surface area contributed by atoms with E-state index in [1.165, 1.54) is 6.07 Å². The van der Waals surface area contributed by atoms with E-state index in [0.29, 0.717) is 17.7 Å². The third kappa shape index (κ3) is 2.82. The molecule has 3 N–H and O–H groups in total. The van der Waals surface area contributed by atoms with E-state index in [1.54, 1.807) is 26.0 Å². The Morgan fingerprint density at radius 2 is 2.18 bits per heavy atom. The summed E-state index contributed by atoms with van der Waals surface area (Å²) in [4.78, 5) is 11.6. The molecule has 0 saturated heterocycles. The molecule has 1 amide bonds. The smallest absolute Gasteiger partial charge is 0.242 e. The summed E-state index contributed by atoms with van der Waals surface area (Å²) in [6.07, 6.45) is 0.872. The molecule has 1 aromatic carbocycles. The molecule has 0 spiro atoms. The van der Waals surface area contributed by atoms with Gasteiger partial charge in [-0.3, -0.25) is 10.1 Å². The minimum Gasteiger partial charge on any atom is -0.368 e. The summed E-state index contributed by atoms with van der Waals surface area (Å²) in [7, 11) is 0. The zero-order valence-corrected chi connectivity index (χ0v) is 10.5. The van der Waals surface area contributed by atoms with Crippen LogP contribution >= 0.6 is 0 Å². The summed E-state index contributed by atoms with van der Waals surface area (Å²) in [5, 5.41) is 3.07. The highest BCUT2D eigenvalue weighted by Crippen LogP contribution is 2.22. The fourth-order valence-electron chi connectivity index (χ4n) is 1.61. The van der Waals surface area contributed by atoms with Gasteiger partial charge in [-0.1, -0.05) is 19.1 Å². The van der Waals surface area contributed by atoms with Crippen molar-refractivity contribution in [1.29, 1.82) is 0 Å². The molecule has 0 aliphatic carbocycles. The second-order valence-electron chi connectivity index (χ2n) is 4.38. The summed E-state index contributed by atoms with van der Waals surface area (Å²) < 4.78 is 13.5. The highest BCUT2D eigenvalue weighted by molar-refractivity contribution is 5.85. The van der Waals surface area contributed by atoms with Crippen molar-refractivity contribution < 1.29 is 9.18 Å². The number of benzene rings is 1. The first-order chi connectivity index (χ1) is 7.91. The van der Waals surface area contributed by atoms with Crippen LogP contribution in [0.3, 0.4) is 0 Å². The van der Waals surface area contributed by atoms with Crippen LogP contribution in [-0.4, -0.2) is 12.5 Å². The molecule has 3 nitrogen and oxygen atoms in total. The summed E-state index contributed by atoms with van der Waals surface area (Å²) in [6.45, 7) is 5.99. The Balaban J connectivity index is 3.13. The molecule has 0 aliphatic rings. The van der Waals surface area contributed by atoms with Gasteiger partial charge in [-0.05, 0) is 44.0 Å². The Morgan fingerprint density at radius 1 is 1.53 bits per heavy atom. The van der Waals surface area contributed by atoms with Crippen LogP contribution in [0, 0.1) is 12.7 Å². The van der Waals surface area contributed by atoms with Gasteiger partial charge in [0.05, 0.1) is 0 Å². The maximum Gasteiger partial charge on any atom is 0.242 e. The number of primary amides is 1. The van der Waals surface area contributed by atoms with Crippen LogP contribution in [0.4, 0.5) is 4.39 Å². The fraction of sp³-hybridized carbons (Fsp3) is 0.462. The average Bonchev–Trinajstić information content (AvgIpc) is 2.29. The van der Waals surface area contributed by atoms with Gasteiger partial charge in [0, 0.05) is 0 Å². The quantitative estimate of drug-likeness (QED) is 0.822. The molecule has 1 atom stereocenters. The summed E-state index contributed by atoms with van der Waals surface area (Å²) in [5.74, 6) is -0.831. The molecular weight excluding hydrogens is 219 g/mol. The van der Waals surface area contributed by atoms with Crippen LogP contribution < -0.4 is 11.1 Å². The molecule has 1 aromatic rings. The number of carbonyl (C=O) groups excluding carboxylic acids is 1. The van der Waals surface area contributed by atoms with Crippen LogP contribution in [0.25, 0.3) is 0 Å². The lowest BCUT2D eigenvalue weighted by molar-refractivity contribution is -0.124. The van der Waals surface area contributed by atoms with E-state index in [2.05, 4.69) is 5.32 Å². The lowest BCUT2D eigenvalue weighted by Gasteiger charge is -2.28. The van der Waals surface area contributed by atoms with Gasteiger partial charge >= 0.3 is 0 Å². The highest BCUT2D eigenvalue weighted by Gasteiger charge is 2.32. The van der Waals surface area contributed by atoms with Crippen LogP contribution in [0.5, 0.6) is 0 Å². The SMILES string of the molecule is CCCNC(C)(C(N)=O)c1ccc(C)c(F)c1. The lowest BCUT2D eigenvalue weighted by atomic mass is 9.90. The molecule has 94 valence electrons. The maximum atomic E-state index is 13.5. The van der Waals surface area contributed by atoms with E-state index in [1.807, 2.05) is 6.92 Å². The van der Waals surface area contributed by atoms with Crippen LogP contribution in [-0.2, 0) is 10.3 Å². The van der Waals surface area contributed by atoms with Gasteiger partial charge in [-0.2, -0.15) is 0 Å². The standard InChI is InChI=1S/C13H19FN2O/c1-4-7-16-13(3,12(15)17)10-6-5-9(2)11(14)8-10/h5-6,8,16H,4,7H2,1-3H3,(H2,15,17). The van der Waals surface area contributed by atoms with E-state index in [4.69, 9.17) is 5.73 Å². The van der Waals surface area contributed by atoms with E-state index in [9.17, 15) is 9.18 Å². The molecule has 17 heavy (non-hydrogen) atoms. The predicted molar refractivity (Wildman–Crippen MR) is 66.0 cm³/mol. The molecule has 4 heteroatoms. The Kier molecular flexibility index (Phi) is 4.23. The topological polar surface area (TPSA) is 55.1 Å². The maximum absolute atomic E-state index is 13.5. The van der Waals surface area contributed by atoms with Crippen molar-refractivity contribution in [2.45, 2.75) is 32.7 Å². The van der Waals surface area contributed by atoms with Crippen molar-refractivity contribution in [2.24, 2.45) is 5.73 Å². The number of nitrogens with one attached hydrogen (secondary N) is 1. The first-order valence-electron chi connectivity index (χ1n) is 5.73. The molecule has 0 aromatic heterocycles. The van der Waals surface area contributed by atoms with Crippen molar-refractivity contribution in [1.82, 2.24) is 5.32 Å². The monoisotopic (exact) mass is 238 g/mol. The first kappa shape index (κ1) is 13.6. The van der Waals surface area contributed by atoms with E-state index in [-0.39, 0.29) is 5.82 Å². The molecule has 0 saturated carbocycles.